The Labute approximate surface area is 111 Å². The zero-order valence-corrected chi connectivity index (χ0v) is 10.7. The van der Waals surface area contributed by atoms with Gasteiger partial charge < -0.3 is 10.2 Å². The van der Waals surface area contributed by atoms with Gasteiger partial charge in [0.15, 0.2) is 0 Å². The van der Waals surface area contributed by atoms with Gasteiger partial charge in [-0.15, -0.1) is 5.10 Å². The molecule has 3 rings (SSSR count). The Morgan fingerprint density at radius 1 is 1.32 bits per heavy atom. The average molecular weight is 257 g/mol. The number of nitrogens with zero attached hydrogens (tertiary/aromatic N) is 4. The molecular formula is C13H15N5O. The van der Waals surface area contributed by atoms with Crippen LogP contribution in [0.2, 0.25) is 0 Å². The van der Waals surface area contributed by atoms with Crippen LogP contribution in [0.25, 0.3) is 0 Å². The molecule has 1 N–H and O–H groups in total. The number of hydrogen-bond acceptors (Lipinski definition) is 3. The Kier molecular flexibility index (Phi) is 2.91. The molecule has 2 aromatic rings. The van der Waals surface area contributed by atoms with Crippen LogP contribution in [0.3, 0.4) is 0 Å². The Hall–Kier alpha value is -2.37. The zero-order valence-electron chi connectivity index (χ0n) is 10.7. The van der Waals surface area contributed by atoms with Crippen LogP contribution in [0.4, 0.5) is 10.5 Å². The lowest BCUT2D eigenvalue weighted by Gasteiger charge is -2.38. The normalized spacial score (nSPS) is 15.1. The van der Waals surface area contributed by atoms with E-state index in [2.05, 4.69) is 15.6 Å². The van der Waals surface area contributed by atoms with Crippen LogP contribution < -0.4 is 5.32 Å². The van der Waals surface area contributed by atoms with Gasteiger partial charge in [-0.3, -0.25) is 0 Å². The van der Waals surface area contributed by atoms with Crippen molar-refractivity contribution in [1.29, 1.82) is 0 Å². The van der Waals surface area contributed by atoms with Crippen molar-refractivity contribution in [3.63, 3.8) is 0 Å². The first-order chi connectivity index (χ1) is 9.22. The molecular weight excluding hydrogens is 242 g/mol. The molecule has 19 heavy (non-hydrogen) atoms. The molecule has 1 aliphatic rings. The maximum absolute atomic E-state index is 12.0. The third-order valence-electron chi connectivity index (χ3n) is 3.27. The van der Waals surface area contributed by atoms with Crippen molar-refractivity contribution in [1.82, 2.24) is 19.9 Å². The van der Waals surface area contributed by atoms with Gasteiger partial charge in [0.2, 0.25) is 0 Å². The number of anilines is 1. The number of likely N-dealkylation sites (tertiary alicyclic amines) is 1. The van der Waals surface area contributed by atoms with Crippen molar-refractivity contribution in [2.45, 2.75) is 13.0 Å². The molecule has 1 aromatic carbocycles. The summed E-state index contributed by atoms with van der Waals surface area (Å²) >= 11 is 0. The van der Waals surface area contributed by atoms with Gasteiger partial charge in [-0.2, -0.15) is 0 Å². The summed E-state index contributed by atoms with van der Waals surface area (Å²) in [4.78, 5) is 13.7. The molecule has 0 saturated carbocycles. The molecule has 0 radical (unpaired) electrons. The van der Waals surface area contributed by atoms with Crippen LogP contribution in [-0.2, 0) is 0 Å². The quantitative estimate of drug-likeness (QED) is 0.890. The van der Waals surface area contributed by atoms with E-state index in [0.717, 1.165) is 5.69 Å². The van der Waals surface area contributed by atoms with E-state index in [4.69, 9.17) is 0 Å². The molecule has 0 atom stereocenters. The number of hydrogen-bond donors (Lipinski definition) is 1. The Bertz CT molecular complexity index is 557. The third-order valence-corrected chi connectivity index (χ3v) is 3.27. The molecule has 0 bridgehead atoms. The highest BCUT2D eigenvalue weighted by molar-refractivity contribution is 5.89. The molecule has 98 valence electrons. The summed E-state index contributed by atoms with van der Waals surface area (Å²) in [6.45, 7) is 3.35. The lowest BCUT2D eigenvalue weighted by atomic mass is 10.1. The standard InChI is InChI=1S/C13H15N5O/c1-10-2-4-11(5-3-10)15-13(19)17-8-12(9-17)18-7-6-14-16-18/h2-7,12H,8-9H2,1H3,(H,15,19). The molecule has 0 unspecified atom stereocenters. The maximum Gasteiger partial charge on any atom is 0.321 e. The smallest absolute Gasteiger partial charge is 0.320 e. The highest BCUT2D eigenvalue weighted by Gasteiger charge is 2.32. The van der Waals surface area contributed by atoms with Crippen LogP contribution in [-0.4, -0.2) is 39.0 Å². The van der Waals surface area contributed by atoms with Crippen LogP contribution in [0.15, 0.2) is 36.7 Å². The first-order valence-corrected chi connectivity index (χ1v) is 6.21. The van der Waals surface area contributed by atoms with E-state index < -0.39 is 0 Å². The fourth-order valence-corrected chi connectivity index (χ4v) is 2.04. The number of benzene rings is 1. The van der Waals surface area contributed by atoms with E-state index in [0.29, 0.717) is 13.1 Å². The fourth-order valence-electron chi connectivity index (χ4n) is 2.04. The molecule has 0 spiro atoms. The second-order valence-corrected chi connectivity index (χ2v) is 4.74. The molecule has 0 aliphatic carbocycles. The summed E-state index contributed by atoms with van der Waals surface area (Å²) in [7, 11) is 0. The summed E-state index contributed by atoms with van der Waals surface area (Å²) in [6, 6.07) is 7.93. The van der Waals surface area contributed by atoms with Crippen LogP contribution >= 0.6 is 0 Å². The molecule has 2 heterocycles. The van der Waals surface area contributed by atoms with Crippen molar-refractivity contribution in [3.05, 3.63) is 42.2 Å². The molecule has 6 nitrogen and oxygen atoms in total. The topological polar surface area (TPSA) is 63.1 Å². The third kappa shape index (κ3) is 2.42. The molecule has 6 heteroatoms. The monoisotopic (exact) mass is 257 g/mol. The number of nitrogens with one attached hydrogen (secondary N) is 1. The van der Waals surface area contributed by atoms with E-state index in [1.54, 1.807) is 15.8 Å². The Morgan fingerprint density at radius 2 is 2.05 bits per heavy atom. The fraction of sp³-hybridized carbons (Fsp3) is 0.308. The SMILES string of the molecule is Cc1ccc(NC(=O)N2CC(n3ccnn3)C2)cc1. The number of rotatable bonds is 2. The summed E-state index contributed by atoms with van der Waals surface area (Å²) < 4.78 is 1.79. The number of amides is 2. The van der Waals surface area contributed by atoms with Crippen LogP contribution in [0.1, 0.15) is 11.6 Å². The van der Waals surface area contributed by atoms with E-state index >= 15 is 0 Å². The number of aryl methyl sites for hydroxylation is 1. The lowest BCUT2D eigenvalue weighted by Crippen LogP contribution is -2.52. The molecule has 1 aromatic heterocycles. The zero-order chi connectivity index (χ0) is 13.2. The molecule has 1 saturated heterocycles. The second kappa shape index (κ2) is 4.72. The molecule has 1 fully saturated rings. The van der Waals surface area contributed by atoms with E-state index in [1.807, 2.05) is 37.4 Å². The lowest BCUT2D eigenvalue weighted by molar-refractivity contribution is 0.127. The number of aromatic nitrogens is 3. The summed E-state index contributed by atoms with van der Waals surface area (Å²) in [5.74, 6) is 0. The Morgan fingerprint density at radius 3 is 2.68 bits per heavy atom. The minimum Gasteiger partial charge on any atom is -0.320 e. The van der Waals surface area contributed by atoms with Crippen molar-refractivity contribution in [2.75, 3.05) is 18.4 Å². The van der Waals surface area contributed by atoms with Gasteiger partial charge in [-0.05, 0) is 19.1 Å². The highest BCUT2D eigenvalue weighted by atomic mass is 16.2. The van der Waals surface area contributed by atoms with Gasteiger partial charge in [0.05, 0.1) is 12.2 Å². The molecule has 1 aliphatic heterocycles. The average Bonchev–Trinajstić information content (AvgIpc) is 2.84. The van der Waals surface area contributed by atoms with E-state index in [9.17, 15) is 4.79 Å². The number of urea groups is 1. The molecule has 2 amide bonds. The summed E-state index contributed by atoms with van der Waals surface area (Å²) in [6.07, 6.45) is 3.47. The maximum atomic E-state index is 12.0. The van der Waals surface area contributed by atoms with Gasteiger partial charge in [0.1, 0.15) is 0 Å². The highest BCUT2D eigenvalue weighted by Crippen LogP contribution is 2.21. The van der Waals surface area contributed by atoms with Crippen molar-refractivity contribution < 1.29 is 4.79 Å². The van der Waals surface area contributed by atoms with Crippen LogP contribution in [0.5, 0.6) is 0 Å². The summed E-state index contributed by atoms with van der Waals surface area (Å²) in [5, 5.41) is 10.6. The minimum absolute atomic E-state index is 0.0692. The van der Waals surface area contributed by atoms with Gasteiger partial charge in [-0.1, -0.05) is 22.9 Å². The summed E-state index contributed by atoms with van der Waals surface area (Å²) in [5.41, 5.74) is 1.99. The van der Waals surface area contributed by atoms with Crippen molar-refractivity contribution in [2.24, 2.45) is 0 Å². The predicted octanol–water partition coefficient (Wildman–Crippen LogP) is 1.68. The van der Waals surface area contributed by atoms with Crippen LogP contribution in [0, 0.1) is 6.92 Å². The largest absolute Gasteiger partial charge is 0.321 e. The van der Waals surface area contributed by atoms with Gasteiger partial charge >= 0.3 is 6.03 Å². The second-order valence-electron chi connectivity index (χ2n) is 4.74. The van der Waals surface area contributed by atoms with E-state index in [1.165, 1.54) is 5.56 Å². The van der Waals surface area contributed by atoms with Gasteiger partial charge in [0.25, 0.3) is 0 Å². The predicted molar refractivity (Wildman–Crippen MR) is 70.8 cm³/mol. The number of carbonyl (C=O) groups is 1. The van der Waals surface area contributed by atoms with E-state index in [-0.39, 0.29) is 12.1 Å². The van der Waals surface area contributed by atoms with Gasteiger partial charge in [0, 0.05) is 25.0 Å². The van der Waals surface area contributed by atoms with Crippen molar-refractivity contribution >= 4 is 11.7 Å². The van der Waals surface area contributed by atoms with Crippen molar-refractivity contribution in [3.8, 4) is 0 Å². The first-order valence-electron chi connectivity index (χ1n) is 6.21. The number of carbonyl (C=O) groups excluding carboxylic acids is 1. The first kappa shape index (κ1) is 11.7. The minimum atomic E-state index is -0.0692. The Balaban J connectivity index is 1.54. The van der Waals surface area contributed by atoms with Gasteiger partial charge in [-0.25, -0.2) is 9.48 Å².